The van der Waals surface area contributed by atoms with Crippen molar-refractivity contribution in [3.05, 3.63) is 16.9 Å². The quantitative estimate of drug-likeness (QED) is 0.674. The second-order valence-corrected chi connectivity index (χ2v) is 1.95. The normalized spacial score (nSPS) is 18.6. The van der Waals surface area contributed by atoms with E-state index in [1.807, 2.05) is 0 Å². The molecular weight excluding hydrogens is 184 g/mol. The Morgan fingerprint density at radius 1 is 2.00 bits per heavy atom. The first-order valence-electron chi connectivity index (χ1n) is 4.49. The van der Waals surface area contributed by atoms with Crippen molar-refractivity contribution in [2.45, 2.75) is 0 Å². The Morgan fingerprint density at radius 3 is 3.67 bits per heavy atom. The second kappa shape index (κ2) is 2.77. The zero-order valence-corrected chi connectivity index (χ0v) is 5.77. The van der Waals surface area contributed by atoms with Crippen LogP contribution in [0.4, 0.5) is 0 Å². The number of hydrogen-bond donors (Lipinski definition) is 0. The van der Waals surface area contributed by atoms with Crippen molar-refractivity contribution in [1.82, 2.24) is 9.97 Å². The topological polar surface area (TPSA) is 35.0 Å². The van der Waals surface area contributed by atoms with Crippen LogP contribution < -0.4 is 4.74 Å². The fourth-order valence-electron chi connectivity index (χ4n) is 0.309. The number of nitrogens with zero attached hydrogens (tertiary/aromatic N) is 2. The van der Waals surface area contributed by atoms with Gasteiger partial charge in [-0.3, -0.25) is 0 Å². The summed E-state index contributed by atoms with van der Waals surface area (Å²) in [5, 5.41) is 0. The molecule has 0 unspecified atom stereocenters. The smallest absolute Gasteiger partial charge is 0.230 e. The van der Waals surface area contributed by atoms with E-state index >= 15 is 0 Å². The molecule has 0 radical (unpaired) electrons. The predicted molar refractivity (Wildman–Crippen MR) is 36.3 cm³/mol. The lowest BCUT2D eigenvalue weighted by molar-refractivity contribution is 0.394. The minimum absolute atomic E-state index is 0.0182. The maximum Gasteiger partial charge on any atom is 0.230 e. The van der Waals surface area contributed by atoms with Gasteiger partial charge in [0.05, 0.1) is 17.0 Å². The van der Waals surface area contributed by atoms with Crippen molar-refractivity contribution in [3.63, 3.8) is 0 Å². The van der Waals surface area contributed by atoms with E-state index in [9.17, 15) is 0 Å². The van der Waals surface area contributed by atoms with Gasteiger partial charge < -0.3 is 4.74 Å². The summed E-state index contributed by atoms with van der Waals surface area (Å²) in [6, 6.07) is 0. The van der Waals surface area contributed by atoms with Crippen LogP contribution in [0.15, 0.2) is 16.9 Å². The molecule has 0 N–H and O–H groups in total. The Labute approximate surface area is 68.2 Å². The average molecular weight is 194 g/mol. The van der Waals surface area contributed by atoms with Gasteiger partial charge in [0, 0.05) is 6.17 Å². The van der Waals surface area contributed by atoms with Gasteiger partial charge in [-0.1, -0.05) is 0 Å². The largest absolute Gasteiger partial charge is 0.480 e. The zero-order valence-electron chi connectivity index (χ0n) is 9.18. The van der Waals surface area contributed by atoms with Gasteiger partial charge in [-0.2, -0.15) is 0 Å². The summed E-state index contributed by atoms with van der Waals surface area (Å²) in [7, 11) is -2.66. The lowest BCUT2D eigenvalue weighted by atomic mass is 10.6. The molecule has 48 valence electrons. The molecule has 0 fully saturated rings. The molecule has 1 rings (SSSR count). The molecule has 0 atom stereocenters. The first-order valence-corrected chi connectivity index (χ1v) is 2.78. The minimum Gasteiger partial charge on any atom is -0.480 e. The summed E-state index contributed by atoms with van der Waals surface area (Å²) >= 11 is 2.90. The molecule has 0 spiro atoms. The van der Waals surface area contributed by atoms with Crippen LogP contribution in [0.3, 0.4) is 0 Å². The molecule has 0 bridgehead atoms. The standard InChI is InChI=1S/C5H5BrN2O/c1-9-5-4(6)2-7-3-8-5/h2-3H,1H3/i1D3,2D,3D. The molecule has 1 aromatic heterocycles. The summed E-state index contributed by atoms with van der Waals surface area (Å²) in [4.78, 5) is 6.80. The SMILES string of the molecule is [2H]c1nc([2H])c(Br)c(OC([2H])([2H])[2H])n1. The molecule has 0 aliphatic carbocycles. The van der Waals surface area contributed by atoms with Gasteiger partial charge in [0.15, 0.2) is 0 Å². The molecule has 1 heterocycles. The first kappa shape index (κ1) is 2.54. The van der Waals surface area contributed by atoms with Crippen molar-refractivity contribution in [3.8, 4) is 5.88 Å². The molecule has 0 aliphatic rings. The van der Waals surface area contributed by atoms with E-state index in [0.29, 0.717) is 0 Å². The lowest BCUT2D eigenvalue weighted by Gasteiger charge is -1.96. The molecule has 0 saturated carbocycles. The van der Waals surface area contributed by atoms with Gasteiger partial charge in [0.2, 0.25) is 5.88 Å². The maximum atomic E-state index is 7.23. The van der Waals surface area contributed by atoms with Gasteiger partial charge >= 0.3 is 0 Å². The van der Waals surface area contributed by atoms with E-state index in [-0.39, 0.29) is 16.5 Å². The highest BCUT2D eigenvalue weighted by Crippen LogP contribution is 2.18. The number of aromatic nitrogens is 2. The van der Waals surface area contributed by atoms with Gasteiger partial charge in [0.25, 0.3) is 0 Å². The van der Waals surface area contributed by atoms with Crippen LogP contribution in [0.1, 0.15) is 6.85 Å². The summed E-state index contributed by atoms with van der Waals surface area (Å²) in [6.45, 7) is 0. The van der Waals surface area contributed by atoms with E-state index in [1.54, 1.807) is 0 Å². The Kier molecular flexibility index (Phi) is 0.782. The van der Waals surface area contributed by atoms with Crippen molar-refractivity contribution in [2.75, 3.05) is 7.04 Å². The molecular formula is C5H5BrN2O. The van der Waals surface area contributed by atoms with E-state index in [1.165, 1.54) is 0 Å². The molecule has 0 amide bonds. The van der Waals surface area contributed by atoms with Gasteiger partial charge in [-0.25, -0.2) is 9.97 Å². The molecule has 0 saturated heterocycles. The summed E-state index contributed by atoms with van der Waals surface area (Å²) in [6.07, 6.45) is -0.748. The lowest BCUT2D eigenvalue weighted by Crippen LogP contribution is -1.88. The maximum absolute atomic E-state index is 7.23. The molecule has 4 heteroatoms. The van der Waals surface area contributed by atoms with Crippen molar-refractivity contribution < 1.29 is 11.6 Å². The number of hydrogen-bond acceptors (Lipinski definition) is 3. The number of methoxy groups -OCH3 is 1. The molecule has 0 aliphatic heterocycles. The Balaban J connectivity index is 3.09. The Bertz CT molecular complexity index is 355. The molecule has 9 heavy (non-hydrogen) atoms. The van der Waals surface area contributed by atoms with Crippen LogP contribution in [-0.2, 0) is 0 Å². The third kappa shape index (κ3) is 1.38. The minimum atomic E-state index is -2.66. The van der Waals surface area contributed by atoms with Crippen LogP contribution in [-0.4, -0.2) is 17.0 Å². The predicted octanol–water partition coefficient (Wildman–Crippen LogP) is 1.25. The third-order valence-electron chi connectivity index (χ3n) is 0.640. The number of halogens is 1. The summed E-state index contributed by atoms with van der Waals surface area (Å²) in [5.41, 5.74) is 0. The highest BCUT2D eigenvalue weighted by atomic mass is 79.9. The van der Waals surface area contributed by atoms with E-state index in [4.69, 9.17) is 6.85 Å². The summed E-state index contributed by atoms with van der Waals surface area (Å²) in [5.74, 6) is -0.324. The van der Waals surface area contributed by atoms with Gasteiger partial charge in [-0.15, -0.1) is 0 Å². The first-order chi connectivity index (χ1) is 6.29. The van der Waals surface area contributed by atoms with E-state index < -0.39 is 13.3 Å². The fraction of sp³-hybridized carbons (Fsp3) is 0.200. The van der Waals surface area contributed by atoms with Gasteiger partial charge in [0.1, 0.15) is 7.67 Å². The van der Waals surface area contributed by atoms with Crippen molar-refractivity contribution >= 4 is 15.9 Å². The number of ether oxygens (including phenoxy) is 1. The van der Waals surface area contributed by atoms with Crippen LogP contribution >= 0.6 is 15.9 Å². The molecule has 3 nitrogen and oxygen atoms in total. The van der Waals surface area contributed by atoms with E-state index in [2.05, 4.69) is 30.6 Å². The van der Waals surface area contributed by atoms with Crippen LogP contribution in [0.5, 0.6) is 5.88 Å². The van der Waals surface area contributed by atoms with Crippen molar-refractivity contribution in [2.24, 2.45) is 0 Å². The van der Waals surface area contributed by atoms with Gasteiger partial charge in [-0.05, 0) is 15.9 Å². The fourth-order valence-corrected chi connectivity index (χ4v) is 0.567. The highest BCUT2D eigenvalue weighted by molar-refractivity contribution is 9.10. The molecule has 0 aromatic carbocycles. The van der Waals surface area contributed by atoms with Crippen LogP contribution in [0.2, 0.25) is 0 Å². The second-order valence-electron chi connectivity index (χ2n) is 1.16. The Morgan fingerprint density at radius 2 is 2.89 bits per heavy atom. The highest BCUT2D eigenvalue weighted by Gasteiger charge is 1.96. The molecule has 1 aromatic rings. The van der Waals surface area contributed by atoms with Crippen molar-refractivity contribution in [1.29, 1.82) is 0 Å². The van der Waals surface area contributed by atoms with Crippen LogP contribution in [0.25, 0.3) is 0 Å². The third-order valence-corrected chi connectivity index (χ3v) is 1.16. The number of rotatable bonds is 1. The monoisotopic (exact) mass is 193 g/mol. The Hall–Kier alpha value is -0.640. The zero-order chi connectivity index (χ0) is 10.9. The summed E-state index contributed by atoms with van der Waals surface area (Å²) < 4.78 is 39.2. The van der Waals surface area contributed by atoms with Crippen LogP contribution in [0, 0.1) is 0 Å². The average Bonchev–Trinajstić information content (AvgIpc) is 1.96. The van der Waals surface area contributed by atoms with E-state index in [0.717, 1.165) is 0 Å².